The smallest absolute Gasteiger partial charge is 0.243 e. The number of sulfonamides is 1. The fourth-order valence-corrected chi connectivity index (χ4v) is 3.69. The number of hydrogen-bond donors (Lipinski definition) is 1. The Morgan fingerprint density at radius 2 is 1.62 bits per heavy atom. The molecule has 0 heterocycles. The Kier molecular flexibility index (Phi) is 10.2. The van der Waals surface area contributed by atoms with Gasteiger partial charge in [-0.2, -0.15) is 4.31 Å². The number of likely N-dealkylation sites (N-methyl/N-ethyl adjacent to an activating group) is 1. The van der Waals surface area contributed by atoms with Gasteiger partial charge in [0.05, 0.1) is 12.8 Å². The van der Waals surface area contributed by atoms with E-state index in [0.29, 0.717) is 18.0 Å². The number of nitrogens with one attached hydrogen (secondary N) is 1. The van der Waals surface area contributed by atoms with Crippen LogP contribution in [0.1, 0.15) is 31.4 Å². The van der Waals surface area contributed by atoms with Crippen LogP contribution >= 0.6 is 0 Å². The highest BCUT2D eigenvalue weighted by atomic mass is 32.2. The summed E-state index contributed by atoms with van der Waals surface area (Å²) < 4.78 is 38.2. The third kappa shape index (κ3) is 8.87. The molecule has 0 aliphatic heterocycles. The van der Waals surface area contributed by atoms with Gasteiger partial charge >= 0.3 is 0 Å². The minimum absolute atomic E-state index is 0.0335. The van der Waals surface area contributed by atoms with Crippen LogP contribution in [-0.4, -0.2) is 61.9 Å². The van der Waals surface area contributed by atoms with Gasteiger partial charge in [0, 0.05) is 26.6 Å². The van der Waals surface area contributed by atoms with Crippen LogP contribution in [0.2, 0.25) is 0 Å². The van der Waals surface area contributed by atoms with E-state index in [1.807, 2.05) is 30.3 Å². The average molecular weight is 492 g/mol. The highest BCUT2D eigenvalue weighted by molar-refractivity contribution is 7.88. The van der Waals surface area contributed by atoms with Gasteiger partial charge in [-0.3, -0.25) is 9.59 Å². The van der Waals surface area contributed by atoms with Gasteiger partial charge in [0.15, 0.2) is 0 Å². The van der Waals surface area contributed by atoms with E-state index < -0.39 is 34.3 Å². The molecule has 2 aromatic rings. The molecular weight excluding hydrogens is 457 g/mol. The van der Waals surface area contributed by atoms with Crippen molar-refractivity contribution in [1.82, 2.24) is 14.5 Å². The lowest BCUT2D eigenvalue weighted by Gasteiger charge is -2.32. The molecule has 9 heteroatoms. The van der Waals surface area contributed by atoms with Crippen LogP contribution in [0.15, 0.2) is 54.6 Å². The predicted molar refractivity (Wildman–Crippen MR) is 131 cm³/mol. The third-order valence-corrected chi connectivity index (χ3v) is 6.74. The number of hydrogen-bond acceptors (Lipinski definition) is 4. The van der Waals surface area contributed by atoms with Crippen molar-refractivity contribution in [2.45, 2.75) is 39.3 Å². The maximum Gasteiger partial charge on any atom is 0.243 e. The number of nitrogens with zero attached hydrogens (tertiary/aromatic N) is 2. The summed E-state index contributed by atoms with van der Waals surface area (Å²) in [6.07, 6.45) is 2.06. The van der Waals surface area contributed by atoms with Crippen LogP contribution in [0.25, 0.3) is 0 Å². The zero-order chi connectivity index (χ0) is 25.3. The molecule has 0 spiro atoms. The fraction of sp³-hybridized carbons (Fsp3) is 0.440. The SMILES string of the molecule is CC(C)CCNC(=O)C(Cc1ccccc1)N(Cc1ccc(F)cc1)C(=O)CN(C)S(C)(=O)=O. The predicted octanol–water partition coefficient (Wildman–Crippen LogP) is 2.82. The summed E-state index contributed by atoms with van der Waals surface area (Å²) in [5, 5.41) is 2.92. The van der Waals surface area contributed by atoms with Crippen LogP contribution in [0.3, 0.4) is 0 Å². The molecule has 1 N–H and O–H groups in total. The molecular formula is C25H34FN3O4S. The highest BCUT2D eigenvalue weighted by Gasteiger charge is 2.31. The van der Waals surface area contributed by atoms with Crippen molar-refractivity contribution in [3.8, 4) is 0 Å². The lowest BCUT2D eigenvalue weighted by atomic mass is 10.0. The van der Waals surface area contributed by atoms with E-state index in [9.17, 15) is 22.4 Å². The first-order valence-electron chi connectivity index (χ1n) is 11.2. The van der Waals surface area contributed by atoms with Crippen LogP contribution in [-0.2, 0) is 32.6 Å². The Labute approximate surface area is 202 Å². The first kappa shape index (κ1) is 27.5. The minimum Gasteiger partial charge on any atom is -0.354 e. The molecule has 1 unspecified atom stereocenters. The molecule has 7 nitrogen and oxygen atoms in total. The van der Waals surface area contributed by atoms with Gasteiger partial charge in [-0.1, -0.05) is 56.3 Å². The summed E-state index contributed by atoms with van der Waals surface area (Å²) >= 11 is 0. The largest absolute Gasteiger partial charge is 0.354 e. The first-order valence-corrected chi connectivity index (χ1v) is 13.1. The second-order valence-electron chi connectivity index (χ2n) is 8.85. The van der Waals surface area contributed by atoms with E-state index in [-0.39, 0.29) is 18.9 Å². The molecule has 2 aromatic carbocycles. The molecule has 0 bridgehead atoms. The first-order chi connectivity index (χ1) is 16.0. The van der Waals surface area contributed by atoms with E-state index in [1.54, 1.807) is 12.1 Å². The van der Waals surface area contributed by atoms with E-state index in [0.717, 1.165) is 22.5 Å². The maximum absolute atomic E-state index is 13.4. The summed E-state index contributed by atoms with van der Waals surface area (Å²) in [5.74, 6) is -0.849. The topological polar surface area (TPSA) is 86.8 Å². The summed E-state index contributed by atoms with van der Waals surface area (Å²) in [7, 11) is -2.29. The van der Waals surface area contributed by atoms with E-state index in [1.165, 1.54) is 24.1 Å². The Balaban J connectivity index is 2.40. The Bertz CT molecular complexity index is 1040. The lowest BCUT2D eigenvalue weighted by Crippen LogP contribution is -2.53. The van der Waals surface area contributed by atoms with Crippen LogP contribution in [0.5, 0.6) is 0 Å². The number of carbonyl (C=O) groups excluding carboxylic acids is 2. The van der Waals surface area contributed by atoms with Crippen molar-refractivity contribution in [1.29, 1.82) is 0 Å². The molecule has 0 aliphatic rings. The van der Waals surface area contributed by atoms with Gasteiger partial charge in [-0.05, 0) is 35.6 Å². The highest BCUT2D eigenvalue weighted by Crippen LogP contribution is 2.16. The summed E-state index contributed by atoms with van der Waals surface area (Å²) in [6, 6.07) is 14.1. The van der Waals surface area contributed by atoms with Gasteiger partial charge in [0.1, 0.15) is 11.9 Å². The lowest BCUT2D eigenvalue weighted by molar-refractivity contribution is -0.141. The van der Waals surface area contributed by atoms with Gasteiger partial charge in [-0.15, -0.1) is 0 Å². The summed E-state index contributed by atoms with van der Waals surface area (Å²) in [5.41, 5.74) is 1.49. The minimum atomic E-state index is -3.60. The molecule has 0 aliphatic carbocycles. The van der Waals surface area contributed by atoms with Crippen molar-refractivity contribution in [2.24, 2.45) is 5.92 Å². The zero-order valence-electron chi connectivity index (χ0n) is 20.2. The van der Waals surface area contributed by atoms with Crippen molar-refractivity contribution in [3.63, 3.8) is 0 Å². The van der Waals surface area contributed by atoms with Crippen LogP contribution in [0, 0.1) is 11.7 Å². The number of halogens is 1. The van der Waals surface area contributed by atoms with Gasteiger partial charge in [0.25, 0.3) is 0 Å². The van der Waals surface area contributed by atoms with Crippen molar-refractivity contribution in [3.05, 3.63) is 71.5 Å². The summed E-state index contributed by atoms with van der Waals surface area (Å²) in [6.45, 7) is 4.19. The van der Waals surface area contributed by atoms with Gasteiger partial charge < -0.3 is 10.2 Å². The Hall–Kier alpha value is -2.78. The average Bonchev–Trinajstić information content (AvgIpc) is 2.77. The molecule has 0 saturated carbocycles. The second kappa shape index (κ2) is 12.6. The quantitative estimate of drug-likeness (QED) is 0.495. The third-order valence-electron chi connectivity index (χ3n) is 5.48. The second-order valence-corrected chi connectivity index (χ2v) is 10.9. The molecule has 2 amide bonds. The molecule has 0 aromatic heterocycles. The molecule has 186 valence electrons. The Morgan fingerprint density at radius 3 is 2.18 bits per heavy atom. The fourth-order valence-electron chi connectivity index (χ4n) is 3.34. The normalized spacial score (nSPS) is 12.6. The monoisotopic (exact) mass is 491 g/mol. The maximum atomic E-state index is 13.4. The standard InChI is InChI=1S/C25H34FN3O4S/c1-19(2)14-15-27-25(31)23(16-20-8-6-5-7-9-20)29(17-21-10-12-22(26)13-11-21)24(30)18-28(3)34(4,32)33/h5-13,19,23H,14-18H2,1-4H3,(H,27,31). The molecule has 1 atom stereocenters. The molecule has 34 heavy (non-hydrogen) atoms. The van der Waals surface area contributed by atoms with Crippen LogP contribution < -0.4 is 5.32 Å². The van der Waals surface area contributed by atoms with E-state index in [4.69, 9.17) is 0 Å². The molecule has 0 fully saturated rings. The number of benzene rings is 2. The van der Waals surface area contributed by atoms with Gasteiger partial charge in [0.2, 0.25) is 21.8 Å². The van der Waals surface area contributed by atoms with E-state index in [2.05, 4.69) is 19.2 Å². The Morgan fingerprint density at radius 1 is 1.00 bits per heavy atom. The van der Waals surface area contributed by atoms with Crippen molar-refractivity contribution < 1.29 is 22.4 Å². The number of rotatable bonds is 12. The molecule has 2 rings (SSSR count). The van der Waals surface area contributed by atoms with Crippen molar-refractivity contribution >= 4 is 21.8 Å². The number of amides is 2. The zero-order valence-corrected chi connectivity index (χ0v) is 21.0. The van der Waals surface area contributed by atoms with Crippen LogP contribution in [0.4, 0.5) is 4.39 Å². The van der Waals surface area contributed by atoms with E-state index >= 15 is 0 Å². The molecule has 0 radical (unpaired) electrons. The summed E-state index contributed by atoms with van der Waals surface area (Å²) in [4.78, 5) is 28.0. The number of carbonyl (C=O) groups is 2. The van der Waals surface area contributed by atoms with Crippen molar-refractivity contribution in [2.75, 3.05) is 26.4 Å². The molecule has 0 saturated heterocycles. The van der Waals surface area contributed by atoms with Gasteiger partial charge in [-0.25, -0.2) is 12.8 Å².